The predicted octanol–water partition coefficient (Wildman–Crippen LogP) is 2.89. The van der Waals surface area contributed by atoms with E-state index in [1.807, 2.05) is 0 Å². The molecule has 0 saturated heterocycles. The van der Waals surface area contributed by atoms with Gasteiger partial charge in [-0.2, -0.15) is 0 Å². The van der Waals surface area contributed by atoms with Crippen LogP contribution in [0, 0.1) is 5.92 Å². The Labute approximate surface area is 102 Å². The third-order valence-electron chi connectivity index (χ3n) is 4.25. The van der Waals surface area contributed by atoms with Crippen LogP contribution in [0.3, 0.4) is 0 Å². The van der Waals surface area contributed by atoms with Gasteiger partial charge in [0.2, 0.25) is 0 Å². The van der Waals surface area contributed by atoms with Crippen molar-refractivity contribution in [3.8, 4) is 0 Å². The van der Waals surface area contributed by atoms with Crippen LogP contribution in [0.1, 0.15) is 53.4 Å². The highest BCUT2D eigenvalue weighted by atomic mass is 15.2. The van der Waals surface area contributed by atoms with E-state index in [0.717, 1.165) is 24.5 Å². The molecule has 2 nitrogen and oxygen atoms in total. The minimum atomic E-state index is 0.729. The quantitative estimate of drug-likeness (QED) is 0.749. The van der Waals surface area contributed by atoms with Crippen molar-refractivity contribution < 1.29 is 0 Å². The molecule has 0 bridgehead atoms. The lowest BCUT2D eigenvalue weighted by atomic mass is 9.80. The molecule has 0 aromatic heterocycles. The summed E-state index contributed by atoms with van der Waals surface area (Å²) >= 11 is 0. The zero-order valence-corrected chi connectivity index (χ0v) is 11.6. The van der Waals surface area contributed by atoms with Crippen molar-refractivity contribution in [3.63, 3.8) is 0 Å². The molecular weight excluding hydrogens is 196 g/mol. The third kappa shape index (κ3) is 3.46. The summed E-state index contributed by atoms with van der Waals surface area (Å²) < 4.78 is 0. The van der Waals surface area contributed by atoms with Crippen molar-refractivity contribution in [2.75, 3.05) is 19.6 Å². The van der Waals surface area contributed by atoms with Gasteiger partial charge in [0.15, 0.2) is 0 Å². The largest absolute Gasteiger partial charge is 0.313 e. The van der Waals surface area contributed by atoms with Crippen LogP contribution in [0.5, 0.6) is 0 Å². The molecule has 1 rings (SSSR count). The van der Waals surface area contributed by atoms with E-state index in [4.69, 9.17) is 0 Å². The van der Waals surface area contributed by atoms with E-state index in [0.29, 0.717) is 0 Å². The number of rotatable bonds is 6. The van der Waals surface area contributed by atoms with Crippen LogP contribution in [0.2, 0.25) is 0 Å². The summed E-state index contributed by atoms with van der Waals surface area (Å²) in [6, 6.07) is 1.50. The molecule has 0 aromatic carbocycles. The summed E-state index contributed by atoms with van der Waals surface area (Å²) in [4.78, 5) is 2.65. The maximum absolute atomic E-state index is 3.69. The Kier molecular flexibility index (Phi) is 6.37. The monoisotopic (exact) mass is 226 g/mol. The molecule has 96 valence electrons. The molecule has 2 heteroatoms. The molecule has 0 amide bonds. The lowest BCUT2D eigenvalue weighted by Crippen LogP contribution is -2.53. The number of nitrogens with one attached hydrogen (secondary N) is 1. The third-order valence-corrected chi connectivity index (χ3v) is 4.25. The van der Waals surface area contributed by atoms with E-state index >= 15 is 0 Å². The Morgan fingerprint density at radius 1 is 1.06 bits per heavy atom. The highest BCUT2D eigenvalue weighted by molar-refractivity contribution is 4.90. The van der Waals surface area contributed by atoms with Gasteiger partial charge in [0, 0.05) is 12.1 Å². The van der Waals surface area contributed by atoms with Crippen molar-refractivity contribution >= 4 is 0 Å². The number of hydrogen-bond acceptors (Lipinski definition) is 2. The molecule has 0 heterocycles. The summed E-state index contributed by atoms with van der Waals surface area (Å²) in [6.45, 7) is 12.7. The molecule has 3 atom stereocenters. The average molecular weight is 226 g/mol. The van der Waals surface area contributed by atoms with Gasteiger partial charge < -0.3 is 5.32 Å². The second-order valence-corrected chi connectivity index (χ2v) is 5.04. The van der Waals surface area contributed by atoms with Gasteiger partial charge in [0.05, 0.1) is 0 Å². The van der Waals surface area contributed by atoms with Crippen molar-refractivity contribution in [1.82, 2.24) is 10.2 Å². The zero-order chi connectivity index (χ0) is 12.0. The van der Waals surface area contributed by atoms with Gasteiger partial charge in [-0.1, -0.05) is 34.1 Å². The molecule has 0 spiro atoms. The number of likely N-dealkylation sites (N-methyl/N-ethyl adjacent to an activating group) is 2. The Bertz CT molecular complexity index is 178. The Morgan fingerprint density at radius 2 is 1.75 bits per heavy atom. The smallest absolute Gasteiger partial charge is 0.0251 e. The molecular formula is C14H30N2. The fraction of sp³-hybridized carbons (Fsp3) is 1.00. The van der Waals surface area contributed by atoms with Gasteiger partial charge in [0.1, 0.15) is 0 Å². The highest BCUT2D eigenvalue weighted by Gasteiger charge is 2.31. The van der Waals surface area contributed by atoms with Gasteiger partial charge in [-0.3, -0.25) is 4.90 Å². The molecule has 1 fully saturated rings. The van der Waals surface area contributed by atoms with E-state index in [2.05, 4.69) is 37.9 Å². The molecule has 1 aliphatic carbocycles. The van der Waals surface area contributed by atoms with Gasteiger partial charge in [-0.15, -0.1) is 0 Å². The maximum atomic E-state index is 3.69. The van der Waals surface area contributed by atoms with Crippen LogP contribution in [-0.2, 0) is 0 Å². The normalized spacial score (nSPS) is 30.9. The molecule has 0 radical (unpaired) electrons. The van der Waals surface area contributed by atoms with Crippen LogP contribution >= 0.6 is 0 Å². The molecule has 0 aromatic rings. The van der Waals surface area contributed by atoms with Gasteiger partial charge >= 0.3 is 0 Å². The maximum Gasteiger partial charge on any atom is 0.0251 e. The second kappa shape index (κ2) is 7.29. The lowest BCUT2D eigenvalue weighted by molar-refractivity contribution is 0.105. The molecule has 3 unspecified atom stereocenters. The van der Waals surface area contributed by atoms with Crippen LogP contribution in [0.15, 0.2) is 0 Å². The average Bonchev–Trinajstić information content (AvgIpc) is 2.33. The Hall–Kier alpha value is -0.0800. The molecule has 1 N–H and O–H groups in total. The summed E-state index contributed by atoms with van der Waals surface area (Å²) in [7, 11) is 0. The van der Waals surface area contributed by atoms with E-state index in [-0.39, 0.29) is 0 Å². The fourth-order valence-corrected chi connectivity index (χ4v) is 3.20. The number of nitrogens with zero attached hydrogens (tertiary/aromatic N) is 1. The lowest BCUT2D eigenvalue weighted by Gasteiger charge is -2.42. The summed E-state index contributed by atoms with van der Waals surface area (Å²) in [6.07, 6.45) is 5.55. The van der Waals surface area contributed by atoms with E-state index in [9.17, 15) is 0 Å². The molecule has 1 saturated carbocycles. The first-order chi connectivity index (χ1) is 7.76. The van der Waals surface area contributed by atoms with Crippen molar-refractivity contribution in [1.29, 1.82) is 0 Å². The minimum absolute atomic E-state index is 0.729. The van der Waals surface area contributed by atoms with Gasteiger partial charge in [0.25, 0.3) is 0 Å². The first-order valence-electron chi connectivity index (χ1n) is 7.24. The second-order valence-electron chi connectivity index (χ2n) is 5.04. The molecule has 16 heavy (non-hydrogen) atoms. The Balaban J connectivity index is 2.62. The summed E-state index contributed by atoms with van der Waals surface area (Å²) in [5.74, 6) is 0.959. The van der Waals surface area contributed by atoms with Gasteiger partial charge in [-0.05, 0) is 44.8 Å². The first-order valence-corrected chi connectivity index (χ1v) is 7.24. The standard InChI is InChI=1S/C14H30N2/c1-5-12-9-10-13(15-6-2)14(11-12)16(7-3)8-4/h12-15H,5-11H2,1-4H3. The van der Waals surface area contributed by atoms with Crippen molar-refractivity contribution in [3.05, 3.63) is 0 Å². The number of hydrogen-bond donors (Lipinski definition) is 1. The SMILES string of the molecule is CCNC1CCC(CC)CC1N(CC)CC. The van der Waals surface area contributed by atoms with Crippen molar-refractivity contribution in [2.45, 2.75) is 65.5 Å². The zero-order valence-electron chi connectivity index (χ0n) is 11.6. The van der Waals surface area contributed by atoms with Crippen LogP contribution in [-0.4, -0.2) is 36.6 Å². The summed E-state index contributed by atoms with van der Waals surface area (Å²) in [5.41, 5.74) is 0. The van der Waals surface area contributed by atoms with Crippen LogP contribution in [0.25, 0.3) is 0 Å². The topological polar surface area (TPSA) is 15.3 Å². The van der Waals surface area contributed by atoms with Crippen LogP contribution in [0.4, 0.5) is 0 Å². The summed E-state index contributed by atoms with van der Waals surface area (Å²) in [5, 5.41) is 3.69. The highest BCUT2D eigenvalue weighted by Crippen LogP contribution is 2.30. The van der Waals surface area contributed by atoms with E-state index in [1.165, 1.54) is 38.8 Å². The predicted molar refractivity (Wildman–Crippen MR) is 71.8 cm³/mol. The van der Waals surface area contributed by atoms with Gasteiger partial charge in [-0.25, -0.2) is 0 Å². The first kappa shape index (κ1) is 14.0. The van der Waals surface area contributed by atoms with E-state index in [1.54, 1.807) is 0 Å². The Morgan fingerprint density at radius 3 is 2.25 bits per heavy atom. The molecule has 1 aliphatic rings. The minimum Gasteiger partial charge on any atom is -0.313 e. The van der Waals surface area contributed by atoms with E-state index < -0.39 is 0 Å². The fourth-order valence-electron chi connectivity index (χ4n) is 3.20. The molecule has 0 aliphatic heterocycles. The van der Waals surface area contributed by atoms with Crippen molar-refractivity contribution in [2.24, 2.45) is 5.92 Å². The van der Waals surface area contributed by atoms with Crippen LogP contribution < -0.4 is 5.32 Å².